The number of ketones is 1. The molecule has 0 atom stereocenters. The Morgan fingerprint density at radius 2 is 1.87 bits per heavy atom. The highest BCUT2D eigenvalue weighted by Gasteiger charge is 2.17. The number of carbonyl (C=O) groups is 1. The molecule has 0 fully saturated rings. The average Bonchev–Trinajstić information content (AvgIpc) is 2.18. The topological polar surface area (TPSA) is 37.3 Å². The predicted octanol–water partition coefficient (Wildman–Crippen LogP) is 3.48. The zero-order valence-corrected chi connectivity index (χ0v) is 10.8. The van der Waals surface area contributed by atoms with E-state index in [0.717, 1.165) is 28.4 Å². The molecule has 1 aromatic rings. The fourth-order valence-electron chi connectivity index (χ4n) is 1.62. The van der Waals surface area contributed by atoms with Gasteiger partial charge in [-0.25, -0.2) is 0 Å². The zero-order valence-electron chi connectivity index (χ0n) is 9.22. The molecule has 1 rings (SSSR count). The number of Topliss-reactive ketones (excluding diaryl/α,β-unsaturated/α-hetero) is 1. The highest BCUT2D eigenvalue weighted by Crippen LogP contribution is 2.34. The van der Waals surface area contributed by atoms with E-state index >= 15 is 0 Å². The zero-order chi connectivity index (χ0) is 11.6. The van der Waals surface area contributed by atoms with Crippen molar-refractivity contribution in [3.8, 4) is 5.75 Å². The monoisotopic (exact) mass is 270 g/mol. The molecule has 0 aliphatic carbocycles. The lowest BCUT2D eigenvalue weighted by atomic mass is 9.99. The van der Waals surface area contributed by atoms with Crippen LogP contribution in [0.15, 0.2) is 10.5 Å². The summed E-state index contributed by atoms with van der Waals surface area (Å²) in [6.45, 7) is 5.46. The van der Waals surface area contributed by atoms with E-state index in [-0.39, 0.29) is 11.5 Å². The Balaban J connectivity index is 3.53. The van der Waals surface area contributed by atoms with E-state index in [1.54, 1.807) is 0 Å². The molecule has 2 nitrogen and oxygen atoms in total. The summed E-state index contributed by atoms with van der Waals surface area (Å²) in [7, 11) is 0. The molecule has 82 valence electrons. The van der Waals surface area contributed by atoms with E-state index in [0.29, 0.717) is 5.56 Å². The molecule has 0 spiro atoms. The number of aromatic hydroxyl groups is 1. The van der Waals surface area contributed by atoms with Gasteiger partial charge in [0.25, 0.3) is 0 Å². The number of rotatable bonds is 3. The fraction of sp³-hybridized carbons (Fsp3) is 0.417. The lowest BCUT2D eigenvalue weighted by Crippen LogP contribution is -2.01. The molecule has 0 saturated heterocycles. The standard InChI is InChI=1S/C12H15BrO2/c1-4-8-6-9(5-2)12(15)10(7(3)14)11(8)13/h6,15H,4-5H2,1-3H3. The van der Waals surface area contributed by atoms with Crippen LogP contribution in [-0.2, 0) is 12.8 Å². The SMILES string of the molecule is CCc1cc(CC)c(Br)c(C(C)=O)c1O. The van der Waals surface area contributed by atoms with Crippen LogP contribution in [0.25, 0.3) is 0 Å². The van der Waals surface area contributed by atoms with Gasteiger partial charge in [-0.2, -0.15) is 0 Å². The maximum atomic E-state index is 11.4. The van der Waals surface area contributed by atoms with Gasteiger partial charge in [-0.05, 0) is 46.8 Å². The number of carbonyl (C=O) groups excluding carboxylic acids is 1. The maximum Gasteiger partial charge on any atom is 0.164 e. The Bertz CT molecular complexity index is 369. The Kier molecular flexibility index (Phi) is 3.91. The molecule has 0 saturated carbocycles. The number of hydrogen-bond acceptors (Lipinski definition) is 2. The summed E-state index contributed by atoms with van der Waals surface area (Å²) < 4.78 is 0.729. The number of aryl methyl sites for hydroxylation is 2. The second-order valence-corrected chi connectivity index (χ2v) is 4.29. The molecule has 0 radical (unpaired) electrons. The molecular formula is C12H15BrO2. The lowest BCUT2D eigenvalue weighted by Gasteiger charge is -2.12. The minimum absolute atomic E-state index is 0.107. The van der Waals surface area contributed by atoms with Crippen molar-refractivity contribution in [3.05, 3.63) is 27.2 Å². The van der Waals surface area contributed by atoms with Crippen LogP contribution in [0.3, 0.4) is 0 Å². The van der Waals surface area contributed by atoms with E-state index < -0.39 is 0 Å². The van der Waals surface area contributed by atoms with E-state index in [1.165, 1.54) is 6.92 Å². The van der Waals surface area contributed by atoms with Gasteiger partial charge >= 0.3 is 0 Å². The molecule has 0 amide bonds. The van der Waals surface area contributed by atoms with Gasteiger partial charge in [0.1, 0.15) is 5.75 Å². The first-order chi connectivity index (χ1) is 7.02. The van der Waals surface area contributed by atoms with E-state index in [1.807, 2.05) is 19.9 Å². The van der Waals surface area contributed by atoms with Crippen LogP contribution in [0.5, 0.6) is 5.75 Å². The molecule has 3 heteroatoms. The van der Waals surface area contributed by atoms with Gasteiger partial charge in [-0.1, -0.05) is 19.9 Å². The van der Waals surface area contributed by atoms with Crippen molar-refractivity contribution in [2.75, 3.05) is 0 Å². The quantitative estimate of drug-likeness (QED) is 0.854. The average molecular weight is 271 g/mol. The molecule has 1 N–H and O–H groups in total. The Hall–Kier alpha value is -0.830. The largest absolute Gasteiger partial charge is 0.507 e. The fourth-order valence-corrected chi connectivity index (χ4v) is 2.48. The van der Waals surface area contributed by atoms with Crippen LogP contribution in [0.2, 0.25) is 0 Å². The van der Waals surface area contributed by atoms with Gasteiger partial charge in [0.05, 0.1) is 5.56 Å². The smallest absolute Gasteiger partial charge is 0.164 e. The third-order valence-corrected chi connectivity index (χ3v) is 3.41. The Morgan fingerprint density at radius 3 is 2.27 bits per heavy atom. The van der Waals surface area contributed by atoms with Gasteiger partial charge < -0.3 is 5.11 Å². The number of phenolic OH excluding ortho intramolecular Hbond substituents is 1. The van der Waals surface area contributed by atoms with E-state index in [9.17, 15) is 9.90 Å². The van der Waals surface area contributed by atoms with Gasteiger partial charge in [-0.3, -0.25) is 4.79 Å². The maximum absolute atomic E-state index is 11.4. The van der Waals surface area contributed by atoms with Crippen LogP contribution in [0, 0.1) is 0 Å². The van der Waals surface area contributed by atoms with Crippen LogP contribution in [0.1, 0.15) is 42.3 Å². The van der Waals surface area contributed by atoms with E-state index in [4.69, 9.17) is 0 Å². The van der Waals surface area contributed by atoms with Crippen LogP contribution < -0.4 is 0 Å². The number of phenols is 1. The first kappa shape index (κ1) is 12.2. The third kappa shape index (κ3) is 2.23. The molecule has 1 aromatic carbocycles. The minimum Gasteiger partial charge on any atom is -0.507 e. The number of benzene rings is 1. The second kappa shape index (κ2) is 4.79. The molecule has 0 aromatic heterocycles. The predicted molar refractivity (Wildman–Crippen MR) is 64.6 cm³/mol. The van der Waals surface area contributed by atoms with Crippen LogP contribution in [0.4, 0.5) is 0 Å². The van der Waals surface area contributed by atoms with Crippen molar-refractivity contribution >= 4 is 21.7 Å². The third-order valence-electron chi connectivity index (χ3n) is 2.50. The highest BCUT2D eigenvalue weighted by molar-refractivity contribution is 9.10. The number of hydrogen-bond donors (Lipinski definition) is 1. The second-order valence-electron chi connectivity index (χ2n) is 3.50. The first-order valence-electron chi connectivity index (χ1n) is 5.07. The lowest BCUT2D eigenvalue weighted by molar-refractivity contribution is 0.101. The molecule has 15 heavy (non-hydrogen) atoms. The normalized spacial score (nSPS) is 10.4. The summed E-state index contributed by atoms with van der Waals surface area (Å²) in [5.41, 5.74) is 2.31. The van der Waals surface area contributed by atoms with Crippen LogP contribution in [-0.4, -0.2) is 10.9 Å². The Labute approximate surface area is 98.4 Å². The summed E-state index contributed by atoms with van der Waals surface area (Å²) in [4.78, 5) is 11.4. The highest BCUT2D eigenvalue weighted by atomic mass is 79.9. The van der Waals surface area contributed by atoms with Crippen molar-refractivity contribution in [2.24, 2.45) is 0 Å². The van der Waals surface area contributed by atoms with Crippen molar-refractivity contribution in [1.29, 1.82) is 0 Å². The van der Waals surface area contributed by atoms with Crippen molar-refractivity contribution in [2.45, 2.75) is 33.6 Å². The molecule has 0 unspecified atom stereocenters. The summed E-state index contributed by atoms with van der Waals surface area (Å²) >= 11 is 3.38. The summed E-state index contributed by atoms with van der Waals surface area (Å²) in [5.74, 6) is 0.0125. The van der Waals surface area contributed by atoms with Crippen LogP contribution >= 0.6 is 15.9 Å². The number of halogens is 1. The molecule has 0 aliphatic heterocycles. The molecule has 0 aliphatic rings. The van der Waals surface area contributed by atoms with Crippen molar-refractivity contribution in [1.82, 2.24) is 0 Å². The van der Waals surface area contributed by atoms with Gasteiger partial charge in [-0.15, -0.1) is 0 Å². The van der Waals surface area contributed by atoms with Gasteiger partial charge in [0.2, 0.25) is 0 Å². The van der Waals surface area contributed by atoms with Gasteiger partial charge in [0.15, 0.2) is 5.78 Å². The van der Waals surface area contributed by atoms with Gasteiger partial charge in [0, 0.05) is 4.47 Å². The first-order valence-corrected chi connectivity index (χ1v) is 5.86. The van der Waals surface area contributed by atoms with Crippen molar-refractivity contribution in [3.63, 3.8) is 0 Å². The molecular weight excluding hydrogens is 256 g/mol. The Morgan fingerprint density at radius 1 is 1.33 bits per heavy atom. The summed E-state index contributed by atoms with van der Waals surface area (Å²) in [6, 6.07) is 1.95. The van der Waals surface area contributed by atoms with E-state index in [2.05, 4.69) is 15.9 Å². The summed E-state index contributed by atoms with van der Waals surface area (Å²) in [6.07, 6.45) is 1.57. The van der Waals surface area contributed by atoms with Crippen molar-refractivity contribution < 1.29 is 9.90 Å². The minimum atomic E-state index is -0.107. The summed E-state index contributed by atoms with van der Waals surface area (Å²) in [5, 5.41) is 9.91. The molecule has 0 bridgehead atoms. The molecule has 0 heterocycles.